The summed E-state index contributed by atoms with van der Waals surface area (Å²) in [6.07, 6.45) is -0.253. The summed E-state index contributed by atoms with van der Waals surface area (Å²) in [5.74, 6) is 4.11. The van der Waals surface area contributed by atoms with E-state index in [1.54, 1.807) is 0 Å². The minimum atomic E-state index is -1.02. The second-order valence-corrected chi connectivity index (χ2v) is 12.9. The molecule has 6 aliphatic carbocycles. The molecule has 0 aromatic carbocycles. The maximum Gasteiger partial charge on any atom is 0.408 e. The first-order chi connectivity index (χ1) is 11.4. The Kier molecular flexibility index (Phi) is 2.79. The molecule has 1 unspecified atom stereocenters. The van der Waals surface area contributed by atoms with Crippen LogP contribution in [-0.4, -0.2) is 32.6 Å². The number of nitrogens with one attached hydrogen (secondary N) is 2. The number of carbonyl (C=O) groups is 1. The third-order valence-corrected chi connectivity index (χ3v) is 9.70. The zero-order chi connectivity index (χ0) is 18.3. The first-order valence-electron chi connectivity index (χ1n) is 9.57. The second kappa shape index (κ2) is 4.17. The Bertz CT molecular complexity index is 611. The topological polar surface area (TPSA) is 73.4 Å². The first kappa shape index (κ1) is 16.7. The summed E-state index contributed by atoms with van der Waals surface area (Å²) in [6, 6.07) is 0.302. The van der Waals surface area contributed by atoms with Gasteiger partial charge in [0.05, 0.1) is 11.6 Å². The Morgan fingerprint density at radius 2 is 1.52 bits per heavy atom. The summed E-state index contributed by atoms with van der Waals surface area (Å²) in [5, 5.41) is 3.24. The Hall–Kier alpha value is -0.460. The molecule has 6 rings (SSSR count). The lowest BCUT2D eigenvalue weighted by atomic mass is 8.93. The van der Waals surface area contributed by atoms with Crippen LogP contribution in [0.5, 0.6) is 0 Å². The number of carbonyl (C=O) groups excluding carboxylic acids is 1. The fourth-order valence-corrected chi connectivity index (χ4v) is 8.53. The van der Waals surface area contributed by atoms with Crippen LogP contribution < -0.4 is 10.0 Å². The van der Waals surface area contributed by atoms with Gasteiger partial charge in [0.25, 0.3) is 0 Å². The molecule has 0 aromatic rings. The minimum absolute atomic E-state index is 0.0625. The molecular formula is C19H30N2O3S. The van der Waals surface area contributed by atoms with E-state index < -0.39 is 17.0 Å². The van der Waals surface area contributed by atoms with Crippen molar-refractivity contribution in [3.05, 3.63) is 0 Å². The summed E-state index contributed by atoms with van der Waals surface area (Å²) in [7, 11) is 0. The highest BCUT2D eigenvalue weighted by Gasteiger charge is 3.11. The van der Waals surface area contributed by atoms with Crippen LogP contribution in [0.25, 0.3) is 0 Å². The highest BCUT2D eigenvalue weighted by molar-refractivity contribution is 7.90. The third kappa shape index (κ3) is 1.49. The first-order valence-corrected chi connectivity index (χ1v) is 10.7. The monoisotopic (exact) mass is 366 g/mol. The van der Waals surface area contributed by atoms with E-state index in [0.717, 1.165) is 17.8 Å². The molecule has 6 aliphatic rings. The summed E-state index contributed by atoms with van der Waals surface area (Å²) >= 11 is -1.02. The van der Waals surface area contributed by atoms with Crippen LogP contribution in [0, 0.1) is 40.9 Å². The largest absolute Gasteiger partial charge is 0.598 e. The van der Waals surface area contributed by atoms with Crippen LogP contribution in [0.2, 0.25) is 0 Å². The van der Waals surface area contributed by atoms with Crippen LogP contribution in [0.1, 0.15) is 48.5 Å². The summed E-state index contributed by atoms with van der Waals surface area (Å²) in [5.41, 5.74) is -0.00912. The van der Waals surface area contributed by atoms with Crippen LogP contribution in [0.3, 0.4) is 0 Å². The average molecular weight is 367 g/mol. The zero-order valence-electron chi connectivity index (χ0n) is 16.2. The molecule has 0 aliphatic heterocycles. The van der Waals surface area contributed by atoms with E-state index in [1.807, 2.05) is 41.5 Å². The highest BCUT2D eigenvalue weighted by atomic mass is 32.2. The van der Waals surface area contributed by atoms with Crippen LogP contribution in [0.15, 0.2) is 0 Å². The molecule has 0 radical (unpaired) electrons. The summed E-state index contributed by atoms with van der Waals surface area (Å²) in [4.78, 5) is 12.2. The van der Waals surface area contributed by atoms with Gasteiger partial charge in [0, 0.05) is 16.8 Å². The molecule has 6 saturated carbocycles. The van der Waals surface area contributed by atoms with Crippen molar-refractivity contribution in [3.8, 4) is 0 Å². The maximum absolute atomic E-state index is 12.5. The molecule has 5 nitrogen and oxygen atoms in total. The number of hydrogen-bond acceptors (Lipinski definition) is 4. The Morgan fingerprint density at radius 1 is 1.04 bits per heavy atom. The lowest BCUT2D eigenvalue weighted by molar-refractivity contribution is -0.628. The summed E-state index contributed by atoms with van der Waals surface area (Å²) < 4.78 is 21.1. The molecule has 0 aromatic heterocycles. The van der Waals surface area contributed by atoms with Crippen molar-refractivity contribution in [2.75, 3.05) is 0 Å². The summed E-state index contributed by atoms with van der Waals surface area (Å²) in [6.45, 7) is 14.0. The second-order valence-electron chi connectivity index (χ2n) is 10.9. The molecule has 6 fully saturated rings. The molecule has 0 spiro atoms. The van der Waals surface area contributed by atoms with Crippen molar-refractivity contribution in [3.63, 3.8) is 0 Å². The maximum atomic E-state index is 12.5. The van der Waals surface area contributed by atoms with Gasteiger partial charge < -0.3 is 14.6 Å². The predicted octanol–water partition coefficient (Wildman–Crippen LogP) is 2.44. The Balaban J connectivity index is 1.24. The van der Waals surface area contributed by atoms with Gasteiger partial charge in [-0.3, -0.25) is 0 Å². The molecule has 25 heavy (non-hydrogen) atoms. The van der Waals surface area contributed by atoms with Gasteiger partial charge in [0.1, 0.15) is 10.3 Å². The molecule has 2 atom stereocenters. The standard InChI is InChI=1S/C19H30N2O3S/c1-8(21-25(23)17(5,6)7)18-9-12-10(18)14-11(18)13(9)19(12,14)20-15(22)24-16(2,3)4/h8-14,21H,1-7H3,(H,20,22)/t8-,9?,10?,11?,12?,13?,14?,18?,19?,25?/m0/s1. The molecule has 2 N–H and O–H groups in total. The highest BCUT2D eigenvalue weighted by Crippen LogP contribution is 3.07. The van der Waals surface area contributed by atoms with Crippen LogP contribution >= 0.6 is 0 Å². The lowest BCUT2D eigenvalue weighted by Gasteiger charge is -3.11. The normalized spacial score (nSPS) is 52.3. The van der Waals surface area contributed by atoms with Crippen molar-refractivity contribution in [2.24, 2.45) is 40.9 Å². The van der Waals surface area contributed by atoms with Gasteiger partial charge in [-0.1, -0.05) is 0 Å². The molecule has 0 saturated heterocycles. The Labute approximate surface area is 153 Å². The van der Waals surface area contributed by atoms with Gasteiger partial charge in [-0.25, -0.2) is 4.79 Å². The lowest BCUT2D eigenvalue weighted by Crippen LogP contribution is -3.16. The van der Waals surface area contributed by atoms with E-state index in [-0.39, 0.29) is 16.4 Å². The van der Waals surface area contributed by atoms with Crippen LogP contribution in [0.4, 0.5) is 4.79 Å². The van der Waals surface area contributed by atoms with Crippen molar-refractivity contribution in [2.45, 2.75) is 70.4 Å². The average Bonchev–Trinajstić information content (AvgIpc) is 2.44. The number of ether oxygens (including phenoxy) is 1. The van der Waals surface area contributed by atoms with Crippen molar-refractivity contribution >= 4 is 17.5 Å². The number of amides is 1. The smallest absolute Gasteiger partial charge is 0.408 e. The third-order valence-electron chi connectivity index (χ3n) is 8.02. The van der Waals surface area contributed by atoms with E-state index >= 15 is 0 Å². The molecule has 6 heteroatoms. The van der Waals surface area contributed by atoms with Crippen molar-refractivity contribution in [1.29, 1.82) is 0 Å². The van der Waals surface area contributed by atoms with Gasteiger partial charge in [0.15, 0.2) is 0 Å². The van der Waals surface area contributed by atoms with Crippen LogP contribution in [-0.2, 0) is 16.1 Å². The Morgan fingerprint density at radius 3 is 1.92 bits per heavy atom. The van der Waals surface area contributed by atoms with Gasteiger partial charge in [-0.15, -0.1) is 4.72 Å². The molecule has 0 heterocycles. The quantitative estimate of drug-likeness (QED) is 0.750. The van der Waals surface area contributed by atoms with Gasteiger partial charge in [-0.2, -0.15) is 0 Å². The fourth-order valence-electron chi connectivity index (χ4n) is 7.65. The SMILES string of the molecule is C[C@H](N[S+]([O-])C(C)(C)C)C12C3C4C1C1C2C3C41NC(=O)OC(C)(C)C. The molecule has 1 amide bonds. The zero-order valence-corrected chi connectivity index (χ0v) is 17.0. The van der Waals surface area contributed by atoms with E-state index in [0.29, 0.717) is 29.2 Å². The molecular weight excluding hydrogens is 336 g/mol. The number of hydrogen-bond donors (Lipinski definition) is 2. The number of rotatable bonds is 4. The number of alkyl carbamates (subject to hydrolysis) is 1. The van der Waals surface area contributed by atoms with E-state index in [2.05, 4.69) is 17.0 Å². The molecule has 140 valence electrons. The minimum Gasteiger partial charge on any atom is -0.598 e. The predicted molar refractivity (Wildman–Crippen MR) is 96.0 cm³/mol. The van der Waals surface area contributed by atoms with E-state index in [4.69, 9.17) is 4.74 Å². The fraction of sp³-hybridized carbons (Fsp3) is 0.947. The molecule has 0 bridgehead atoms. The van der Waals surface area contributed by atoms with E-state index in [9.17, 15) is 9.35 Å². The van der Waals surface area contributed by atoms with Crippen molar-refractivity contribution < 1.29 is 14.1 Å². The van der Waals surface area contributed by atoms with E-state index in [1.165, 1.54) is 0 Å². The van der Waals surface area contributed by atoms with Gasteiger partial charge in [0.2, 0.25) is 0 Å². The van der Waals surface area contributed by atoms with Crippen molar-refractivity contribution in [1.82, 2.24) is 10.0 Å². The van der Waals surface area contributed by atoms with Gasteiger partial charge >= 0.3 is 6.09 Å². The van der Waals surface area contributed by atoms with Gasteiger partial charge in [-0.05, 0) is 84.0 Å².